The summed E-state index contributed by atoms with van der Waals surface area (Å²) >= 11 is 3.52. The van der Waals surface area contributed by atoms with Crippen molar-refractivity contribution in [1.82, 2.24) is 0 Å². The summed E-state index contributed by atoms with van der Waals surface area (Å²) < 4.78 is 6.49. The molecule has 0 aromatic heterocycles. The van der Waals surface area contributed by atoms with E-state index in [1.807, 2.05) is 0 Å². The molecule has 1 saturated heterocycles. The van der Waals surface area contributed by atoms with Crippen LogP contribution in [0.3, 0.4) is 0 Å². The van der Waals surface area contributed by atoms with E-state index in [2.05, 4.69) is 46.1 Å². The average molecular weight is 285 g/mol. The summed E-state index contributed by atoms with van der Waals surface area (Å²) in [5.41, 5.74) is 8.02. The van der Waals surface area contributed by atoms with Crippen molar-refractivity contribution < 1.29 is 4.74 Å². The summed E-state index contributed by atoms with van der Waals surface area (Å²) in [6.45, 7) is 2.26. The Morgan fingerprint density at radius 3 is 2.94 bits per heavy atom. The van der Waals surface area contributed by atoms with E-state index >= 15 is 0 Å². The number of nitrogens with two attached hydrogens (primary N) is 1. The summed E-state index contributed by atoms with van der Waals surface area (Å²) in [4.78, 5) is 2.27. The topological polar surface area (TPSA) is 38.5 Å². The molecule has 1 aliphatic rings. The standard InChI is InChI=1S/C12H17BrN2O/c1-15(11-2-3-16-8-11)12-5-9(7-14)4-10(13)6-12/h4-6,11H,2-3,7-8,14H2,1H3. The monoisotopic (exact) mass is 284 g/mol. The van der Waals surface area contributed by atoms with Gasteiger partial charge in [0.25, 0.3) is 0 Å². The van der Waals surface area contributed by atoms with Gasteiger partial charge < -0.3 is 15.4 Å². The van der Waals surface area contributed by atoms with Crippen LogP contribution in [-0.2, 0) is 11.3 Å². The summed E-state index contributed by atoms with van der Waals surface area (Å²) in [6, 6.07) is 6.81. The van der Waals surface area contributed by atoms with E-state index in [0.717, 1.165) is 29.7 Å². The molecule has 1 atom stereocenters. The fourth-order valence-corrected chi connectivity index (χ4v) is 2.52. The maximum atomic E-state index is 5.68. The second kappa shape index (κ2) is 5.17. The molecule has 0 saturated carbocycles. The Balaban J connectivity index is 2.21. The molecule has 1 aliphatic heterocycles. The van der Waals surface area contributed by atoms with Gasteiger partial charge in [0, 0.05) is 30.4 Å². The number of nitrogens with zero attached hydrogens (tertiary/aromatic N) is 1. The average Bonchev–Trinajstić information content (AvgIpc) is 2.80. The van der Waals surface area contributed by atoms with Crippen molar-refractivity contribution in [2.45, 2.75) is 19.0 Å². The maximum Gasteiger partial charge on any atom is 0.0670 e. The molecule has 0 radical (unpaired) electrons. The molecule has 2 N–H and O–H groups in total. The van der Waals surface area contributed by atoms with Crippen molar-refractivity contribution >= 4 is 21.6 Å². The SMILES string of the molecule is CN(c1cc(Br)cc(CN)c1)C1CCOC1. The molecule has 1 unspecified atom stereocenters. The zero-order valence-electron chi connectivity index (χ0n) is 9.45. The molecule has 2 rings (SSSR count). The van der Waals surface area contributed by atoms with Crippen molar-refractivity contribution in [1.29, 1.82) is 0 Å². The number of rotatable bonds is 3. The van der Waals surface area contributed by atoms with E-state index in [9.17, 15) is 0 Å². The lowest BCUT2D eigenvalue weighted by Crippen LogP contribution is -2.31. The van der Waals surface area contributed by atoms with E-state index in [-0.39, 0.29) is 0 Å². The minimum Gasteiger partial charge on any atom is -0.379 e. The summed E-state index contributed by atoms with van der Waals surface area (Å²) in [7, 11) is 2.11. The van der Waals surface area contributed by atoms with Gasteiger partial charge in [-0.3, -0.25) is 0 Å². The van der Waals surface area contributed by atoms with Crippen LogP contribution in [0.25, 0.3) is 0 Å². The smallest absolute Gasteiger partial charge is 0.0670 e. The molecule has 0 bridgehead atoms. The number of hydrogen-bond donors (Lipinski definition) is 1. The first-order chi connectivity index (χ1) is 7.70. The largest absolute Gasteiger partial charge is 0.379 e. The van der Waals surface area contributed by atoms with Gasteiger partial charge in [0.2, 0.25) is 0 Å². The highest BCUT2D eigenvalue weighted by Crippen LogP contribution is 2.25. The normalized spacial score (nSPS) is 20.1. The Kier molecular flexibility index (Phi) is 3.84. The predicted octanol–water partition coefficient (Wildman–Crippen LogP) is 2.13. The first kappa shape index (κ1) is 11.9. The van der Waals surface area contributed by atoms with Gasteiger partial charge in [0.1, 0.15) is 0 Å². The molecular formula is C12H17BrN2O. The Hall–Kier alpha value is -0.580. The summed E-state index contributed by atoms with van der Waals surface area (Å²) in [5.74, 6) is 0. The molecule has 1 aromatic rings. The Bertz CT molecular complexity index is 364. The second-order valence-corrected chi connectivity index (χ2v) is 5.07. The van der Waals surface area contributed by atoms with E-state index in [0.29, 0.717) is 12.6 Å². The van der Waals surface area contributed by atoms with Gasteiger partial charge >= 0.3 is 0 Å². The van der Waals surface area contributed by atoms with E-state index in [1.54, 1.807) is 0 Å². The number of ether oxygens (including phenoxy) is 1. The van der Waals surface area contributed by atoms with E-state index in [4.69, 9.17) is 10.5 Å². The lowest BCUT2D eigenvalue weighted by Gasteiger charge is -2.26. The van der Waals surface area contributed by atoms with Crippen LogP contribution in [0.15, 0.2) is 22.7 Å². The third-order valence-corrected chi connectivity index (χ3v) is 3.50. The zero-order chi connectivity index (χ0) is 11.5. The van der Waals surface area contributed by atoms with Crippen LogP contribution < -0.4 is 10.6 Å². The lowest BCUT2D eigenvalue weighted by molar-refractivity contribution is 0.193. The van der Waals surface area contributed by atoms with Gasteiger partial charge in [0.05, 0.1) is 12.6 Å². The zero-order valence-corrected chi connectivity index (χ0v) is 11.0. The fraction of sp³-hybridized carbons (Fsp3) is 0.500. The first-order valence-corrected chi connectivity index (χ1v) is 6.30. The van der Waals surface area contributed by atoms with E-state index in [1.165, 1.54) is 5.69 Å². The van der Waals surface area contributed by atoms with Crippen molar-refractivity contribution in [3.05, 3.63) is 28.2 Å². The molecule has 4 heteroatoms. The van der Waals surface area contributed by atoms with Gasteiger partial charge in [-0.2, -0.15) is 0 Å². The minimum atomic E-state index is 0.486. The maximum absolute atomic E-state index is 5.68. The molecule has 0 aliphatic carbocycles. The van der Waals surface area contributed by atoms with Gasteiger partial charge in [-0.15, -0.1) is 0 Å². The van der Waals surface area contributed by atoms with Gasteiger partial charge in [-0.05, 0) is 30.2 Å². The number of benzene rings is 1. The van der Waals surface area contributed by atoms with Crippen molar-refractivity contribution in [2.75, 3.05) is 25.2 Å². The molecule has 16 heavy (non-hydrogen) atoms. The van der Waals surface area contributed by atoms with Crippen LogP contribution in [0.2, 0.25) is 0 Å². The molecule has 1 fully saturated rings. The predicted molar refractivity (Wildman–Crippen MR) is 69.7 cm³/mol. The highest BCUT2D eigenvalue weighted by atomic mass is 79.9. The van der Waals surface area contributed by atoms with Crippen molar-refractivity contribution in [3.63, 3.8) is 0 Å². The molecular weight excluding hydrogens is 268 g/mol. The number of likely N-dealkylation sites (N-methyl/N-ethyl adjacent to an activating group) is 1. The summed E-state index contributed by atoms with van der Waals surface area (Å²) in [6.07, 6.45) is 1.10. The highest BCUT2D eigenvalue weighted by Gasteiger charge is 2.20. The van der Waals surface area contributed by atoms with Crippen LogP contribution >= 0.6 is 15.9 Å². The lowest BCUT2D eigenvalue weighted by atomic mass is 10.1. The molecule has 1 heterocycles. The molecule has 0 amide bonds. The van der Waals surface area contributed by atoms with Crippen molar-refractivity contribution in [2.24, 2.45) is 5.73 Å². The number of hydrogen-bond acceptors (Lipinski definition) is 3. The second-order valence-electron chi connectivity index (χ2n) is 4.15. The van der Waals surface area contributed by atoms with Gasteiger partial charge in [-0.1, -0.05) is 15.9 Å². The summed E-state index contributed by atoms with van der Waals surface area (Å²) in [5, 5.41) is 0. The number of anilines is 1. The third kappa shape index (κ3) is 2.56. The molecule has 1 aromatic carbocycles. The molecule has 88 valence electrons. The third-order valence-electron chi connectivity index (χ3n) is 3.04. The highest BCUT2D eigenvalue weighted by molar-refractivity contribution is 9.10. The number of halogens is 1. The van der Waals surface area contributed by atoms with Gasteiger partial charge in [-0.25, -0.2) is 0 Å². The first-order valence-electron chi connectivity index (χ1n) is 5.51. The van der Waals surface area contributed by atoms with E-state index < -0.39 is 0 Å². The Morgan fingerprint density at radius 2 is 2.31 bits per heavy atom. The van der Waals surface area contributed by atoms with Crippen LogP contribution in [0.4, 0.5) is 5.69 Å². The quantitative estimate of drug-likeness (QED) is 0.924. The Morgan fingerprint density at radius 1 is 1.50 bits per heavy atom. The molecule has 0 spiro atoms. The Labute approximate surface area is 105 Å². The minimum absolute atomic E-state index is 0.486. The van der Waals surface area contributed by atoms with Crippen molar-refractivity contribution in [3.8, 4) is 0 Å². The van der Waals surface area contributed by atoms with Crippen LogP contribution in [0.5, 0.6) is 0 Å². The van der Waals surface area contributed by atoms with Gasteiger partial charge in [0.15, 0.2) is 0 Å². The fourth-order valence-electron chi connectivity index (χ4n) is 1.99. The van der Waals surface area contributed by atoms with Crippen LogP contribution in [0.1, 0.15) is 12.0 Å². The molecule has 3 nitrogen and oxygen atoms in total. The van der Waals surface area contributed by atoms with Crippen LogP contribution in [-0.4, -0.2) is 26.3 Å². The van der Waals surface area contributed by atoms with Crippen LogP contribution in [0, 0.1) is 0 Å².